The number of carboxylic acids is 1. The van der Waals surface area contributed by atoms with E-state index in [2.05, 4.69) is 15.6 Å². The van der Waals surface area contributed by atoms with Gasteiger partial charge in [-0.2, -0.15) is 13.2 Å². The molecule has 3 N–H and O–H groups in total. The van der Waals surface area contributed by atoms with Crippen LogP contribution in [0.4, 0.5) is 23.7 Å². The fourth-order valence-electron chi connectivity index (χ4n) is 2.96. The number of fused-ring (bicyclic) bond motifs is 1. The van der Waals surface area contributed by atoms with E-state index in [4.69, 9.17) is 14.6 Å². The van der Waals surface area contributed by atoms with E-state index in [9.17, 15) is 27.9 Å². The molecule has 2 aromatic carbocycles. The van der Waals surface area contributed by atoms with E-state index >= 15 is 0 Å². The van der Waals surface area contributed by atoms with Crippen LogP contribution in [0.2, 0.25) is 0 Å². The second-order valence-electron chi connectivity index (χ2n) is 6.94. The van der Waals surface area contributed by atoms with Gasteiger partial charge in [-0.3, -0.25) is 5.32 Å². The summed E-state index contributed by atoms with van der Waals surface area (Å²) in [7, 11) is 1.47. The highest BCUT2D eigenvalue weighted by Gasteiger charge is 2.44. The van der Waals surface area contributed by atoms with E-state index in [1.54, 1.807) is 24.3 Å². The molecular weight excluding hydrogens is 461 g/mol. The second kappa shape index (κ2) is 10.2. The van der Waals surface area contributed by atoms with Crippen LogP contribution in [0.25, 0.3) is 0 Å². The number of amides is 1. The number of hydrogen-bond acceptors (Lipinski definition) is 7. The largest absolute Gasteiger partial charge is 0.497 e. The lowest BCUT2D eigenvalue weighted by Crippen LogP contribution is -2.23. The average Bonchev–Trinajstić information content (AvgIpc) is 3.22. The first-order chi connectivity index (χ1) is 16.1. The second-order valence-corrected chi connectivity index (χ2v) is 6.94. The number of carboxylic acid groups (broad SMARTS) is 1. The molecule has 0 fully saturated rings. The number of rotatable bonds is 5. The average molecular weight is 480 g/mol. The van der Waals surface area contributed by atoms with Gasteiger partial charge in [0, 0.05) is 5.56 Å². The van der Waals surface area contributed by atoms with Gasteiger partial charge in [0.15, 0.2) is 11.8 Å². The van der Waals surface area contributed by atoms with Crippen molar-refractivity contribution in [1.29, 1.82) is 0 Å². The zero-order chi connectivity index (χ0) is 24.9. The number of aliphatic hydroxyl groups excluding tert-OH is 1. The third kappa shape index (κ3) is 5.81. The lowest BCUT2D eigenvalue weighted by Gasteiger charge is -2.16. The molecule has 13 heteroatoms. The molecule has 34 heavy (non-hydrogen) atoms. The molecule has 0 aliphatic carbocycles. The van der Waals surface area contributed by atoms with Gasteiger partial charge < -0.3 is 19.7 Å². The molecular formula is C21H19F3N4O6. The molecule has 3 aromatic rings. The van der Waals surface area contributed by atoms with Crippen LogP contribution < -0.4 is 10.1 Å². The molecule has 0 saturated heterocycles. The fourth-order valence-corrected chi connectivity index (χ4v) is 2.96. The van der Waals surface area contributed by atoms with Crippen molar-refractivity contribution in [3.05, 3.63) is 71.0 Å². The van der Waals surface area contributed by atoms with Gasteiger partial charge in [0.05, 0.1) is 19.3 Å². The summed E-state index contributed by atoms with van der Waals surface area (Å²) in [6, 6.07) is 14.0. The fraction of sp³-hybridized carbons (Fsp3) is 0.238. The Bertz CT molecular complexity index is 1160. The summed E-state index contributed by atoms with van der Waals surface area (Å²) in [6.07, 6.45) is -8.42. The number of benzene rings is 2. The van der Waals surface area contributed by atoms with Crippen LogP contribution in [0, 0.1) is 0 Å². The van der Waals surface area contributed by atoms with Crippen molar-refractivity contribution in [3.63, 3.8) is 0 Å². The van der Waals surface area contributed by atoms with Crippen LogP contribution in [0.3, 0.4) is 0 Å². The Kier molecular flexibility index (Phi) is 7.36. The SMILES string of the molecule is COc1ccc(Cn2nnc(C(O)C(F)(F)F)c2C(=O)O)cc1.O=C1Nc2ccccc2CO1. The van der Waals surface area contributed by atoms with Gasteiger partial charge in [-0.1, -0.05) is 35.5 Å². The number of alkyl halides is 3. The van der Waals surface area contributed by atoms with Crippen molar-refractivity contribution in [2.45, 2.75) is 25.4 Å². The first kappa shape index (κ1) is 24.5. The summed E-state index contributed by atoms with van der Waals surface area (Å²) in [6.45, 7) is 0.255. The maximum Gasteiger partial charge on any atom is 0.420 e. The molecule has 0 radical (unpaired) electrons. The number of nitrogens with zero attached hydrogens (tertiary/aromatic N) is 3. The summed E-state index contributed by atoms with van der Waals surface area (Å²) in [4.78, 5) is 21.9. The Balaban J connectivity index is 0.000000243. The normalized spacial score (nSPS) is 13.5. The highest BCUT2D eigenvalue weighted by molar-refractivity contribution is 5.87. The first-order valence-electron chi connectivity index (χ1n) is 9.66. The predicted molar refractivity (Wildman–Crippen MR) is 110 cm³/mol. The number of aromatic nitrogens is 3. The van der Waals surface area contributed by atoms with Crippen LogP contribution in [0.15, 0.2) is 48.5 Å². The standard InChI is InChI=1S/C13H12F3N3O4.C8H7NO2/c1-23-8-4-2-7(3-5-8)6-19-10(12(21)22)9(17-18-19)11(20)13(14,15)16;10-8-9-7-4-2-1-3-6(7)5-11-8/h2-5,11,20H,6H2,1H3,(H,21,22);1-4H,5H2,(H,9,10). The molecule has 1 unspecified atom stereocenters. The number of aliphatic hydroxyl groups is 1. The molecule has 1 atom stereocenters. The number of anilines is 1. The van der Waals surface area contributed by atoms with E-state index in [1.807, 2.05) is 24.3 Å². The molecule has 1 amide bonds. The first-order valence-corrected chi connectivity index (χ1v) is 9.66. The van der Waals surface area contributed by atoms with Crippen LogP contribution in [-0.4, -0.2) is 50.6 Å². The van der Waals surface area contributed by atoms with Crippen molar-refractivity contribution < 1.29 is 42.4 Å². The quantitative estimate of drug-likeness (QED) is 0.506. The molecule has 1 aliphatic heterocycles. The molecule has 0 bridgehead atoms. The predicted octanol–water partition coefficient (Wildman–Crippen LogP) is 3.38. The molecule has 1 aliphatic rings. The monoisotopic (exact) mass is 480 g/mol. The maximum atomic E-state index is 12.6. The number of carbonyl (C=O) groups excluding carboxylic acids is 1. The van der Waals surface area contributed by atoms with E-state index in [0.29, 0.717) is 17.9 Å². The Morgan fingerprint density at radius 2 is 1.91 bits per heavy atom. The van der Waals surface area contributed by atoms with Gasteiger partial charge in [-0.05, 0) is 23.8 Å². The van der Waals surface area contributed by atoms with Gasteiger partial charge >= 0.3 is 18.2 Å². The lowest BCUT2D eigenvalue weighted by molar-refractivity contribution is -0.208. The molecule has 1 aromatic heterocycles. The van der Waals surface area contributed by atoms with Crippen LogP contribution in [0.1, 0.15) is 33.4 Å². The van der Waals surface area contributed by atoms with E-state index in [1.165, 1.54) is 7.11 Å². The zero-order valence-corrected chi connectivity index (χ0v) is 17.6. The highest BCUT2D eigenvalue weighted by Crippen LogP contribution is 2.33. The van der Waals surface area contributed by atoms with Gasteiger partial charge in [-0.15, -0.1) is 5.10 Å². The smallest absolute Gasteiger partial charge is 0.420 e. The maximum absolute atomic E-state index is 12.6. The van der Waals surface area contributed by atoms with Crippen LogP contribution >= 0.6 is 0 Å². The highest BCUT2D eigenvalue weighted by atomic mass is 19.4. The van der Waals surface area contributed by atoms with Gasteiger partial charge in [-0.25, -0.2) is 14.3 Å². The summed E-state index contributed by atoms with van der Waals surface area (Å²) in [5.74, 6) is -1.10. The van der Waals surface area contributed by atoms with Crippen LogP contribution in [0.5, 0.6) is 5.75 Å². The number of hydrogen-bond donors (Lipinski definition) is 3. The van der Waals surface area contributed by atoms with Gasteiger partial charge in [0.2, 0.25) is 0 Å². The molecule has 0 spiro atoms. The Morgan fingerprint density at radius 3 is 2.53 bits per heavy atom. The minimum absolute atomic E-state index is 0.122. The molecule has 4 rings (SSSR count). The van der Waals surface area contributed by atoms with Crippen molar-refractivity contribution in [2.75, 3.05) is 12.4 Å². The third-order valence-corrected chi connectivity index (χ3v) is 4.64. The summed E-state index contributed by atoms with van der Waals surface area (Å²) >= 11 is 0. The molecule has 180 valence electrons. The zero-order valence-electron chi connectivity index (χ0n) is 17.6. The minimum atomic E-state index is -5.04. The number of para-hydroxylation sites is 1. The summed E-state index contributed by atoms with van der Waals surface area (Å²) < 4.78 is 48.2. The lowest BCUT2D eigenvalue weighted by atomic mass is 10.2. The third-order valence-electron chi connectivity index (χ3n) is 4.64. The minimum Gasteiger partial charge on any atom is -0.497 e. The van der Waals surface area contributed by atoms with Crippen molar-refractivity contribution >= 4 is 17.7 Å². The van der Waals surface area contributed by atoms with Crippen molar-refractivity contribution in [1.82, 2.24) is 15.0 Å². The number of ether oxygens (including phenoxy) is 2. The number of aromatic carboxylic acids is 1. The number of carbonyl (C=O) groups is 2. The van der Waals surface area contributed by atoms with E-state index < -0.39 is 29.6 Å². The Morgan fingerprint density at radius 1 is 1.24 bits per heavy atom. The van der Waals surface area contributed by atoms with Gasteiger partial charge in [0.25, 0.3) is 0 Å². The number of nitrogens with one attached hydrogen (secondary N) is 1. The Labute approximate surface area is 190 Å². The van der Waals surface area contributed by atoms with Gasteiger partial charge in [0.1, 0.15) is 18.1 Å². The number of halogens is 3. The summed E-state index contributed by atoms with van der Waals surface area (Å²) in [5.41, 5.74) is 0.589. The van der Waals surface area contributed by atoms with Crippen LogP contribution in [-0.2, 0) is 17.9 Å². The molecule has 0 saturated carbocycles. The number of methoxy groups -OCH3 is 1. The van der Waals surface area contributed by atoms with E-state index in [-0.39, 0.29) is 12.6 Å². The number of cyclic esters (lactones) is 1. The van der Waals surface area contributed by atoms with E-state index in [0.717, 1.165) is 15.9 Å². The molecule has 2 heterocycles. The molecule has 10 nitrogen and oxygen atoms in total. The topological polar surface area (TPSA) is 136 Å². The van der Waals surface area contributed by atoms with Crippen molar-refractivity contribution in [3.8, 4) is 5.75 Å². The van der Waals surface area contributed by atoms with Crippen molar-refractivity contribution in [2.24, 2.45) is 0 Å². The Hall–Kier alpha value is -4.13. The summed E-state index contributed by atoms with van der Waals surface area (Å²) in [5, 5.41) is 27.5.